The summed E-state index contributed by atoms with van der Waals surface area (Å²) in [5, 5.41) is 0. The van der Waals surface area contributed by atoms with E-state index in [1.807, 2.05) is 6.07 Å². The number of ketones is 1. The number of para-hydroxylation sites is 1. The van der Waals surface area contributed by atoms with Gasteiger partial charge in [-0.1, -0.05) is 24.3 Å². The Hall–Kier alpha value is -4.20. The number of amides is 1. The maximum atomic E-state index is 13.7. The van der Waals surface area contributed by atoms with Crippen molar-refractivity contribution in [3.63, 3.8) is 0 Å². The van der Waals surface area contributed by atoms with E-state index >= 15 is 0 Å². The number of fused-ring (bicyclic) bond motifs is 1. The van der Waals surface area contributed by atoms with Gasteiger partial charge in [-0.2, -0.15) is 0 Å². The molecule has 4 rings (SSSR count). The lowest BCUT2D eigenvalue weighted by molar-refractivity contribution is 0.0964. The molecule has 1 heterocycles. The van der Waals surface area contributed by atoms with Gasteiger partial charge in [0.25, 0.3) is 0 Å². The highest BCUT2D eigenvalue weighted by Crippen LogP contribution is 2.43. The molecule has 0 saturated carbocycles. The Labute approximate surface area is 197 Å². The third-order valence-corrected chi connectivity index (χ3v) is 5.70. The number of rotatable bonds is 7. The summed E-state index contributed by atoms with van der Waals surface area (Å²) in [5.74, 6) is 1.31. The van der Waals surface area contributed by atoms with Crippen molar-refractivity contribution in [3.8, 4) is 28.7 Å². The summed E-state index contributed by atoms with van der Waals surface area (Å²) in [7, 11) is 6.02. The van der Waals surface area contributed by atoms with E-state index in [1.54, 1.807) is 61.7 Å². The van der Waals surface area contributed by atoms with Crippen LogP contribution in [0, 0.1) is 0 Å². The van der Waals surface area contributed by atoms with Gasteiger partial charge in [0.2, 0.25) is 5.75 Å². The number of benzene rings is 3. The van der Waals surface area contributed by atoms with Crippen LogP contribution in [0.15, 0.2) is 60.7 Å². The SMILES string of the molecule is COc1ccc2c(c1)N(C(=O)Oc1ccccc1)CC2C(=O)c1cc(OC)c(OC)c(OC)c1. The molecule has 0 saturated heterocycles. The van der Waals surface area contributed by atoms with E-state index in [9.17, 15) is 9.59 Å². The molecule has 0 aromatic heterocycles. The average Bonchev–Trinajstić information content (AvgIpc) is 3.26. The van der Waals surface area contributed by atoms with Crippen LogP contribution >= 0.6 is 0 Å². The van der Waals surface area contributed by atoms with Crippen LogP contribution in [0.5, 0.6) is 28.7 Å². The highest BCUT2D eigenvalue weighted by Gasteiger charge is 2.38. The standard InChI is InChI=1S/C26H25NO7/c1-30-18-10-11-19-20(24(28)16-12-22(31-2)25(33-4)23(13-16)32-3)15-27(21(19)14-18)26(29)34-17-8-6-5-7-9-17/h5-14,20H,15H2,1-4H3. The first-order chi connectivity index (χ1) is 16.5. The number of hydrogen-bond donors (Lipinski definition) is 0. The minimum absolute atomic E-state index is 0.115. The second kappa shape index (κ2) is 9.74. The Bertz CT molecular complexity index is 1180. The predicted octanol–water partition coefficient (Wildman–Crippen LogP) is 4.71. The Morgan fingerprint density at radius 3 is 2.06 bits per heavy atom. The average molecular weight is 463 g/mol. The van der Waals surface area contributed by atoms with Gasteiger partial charge < -0.3 is 23.7 Å². The first kappa shape index (κ1) is 23.0. The predicted molar refractivity (Wildman–Crippen MR) is 126 cm³/mol. The second-order valence-electron chi connectivity index (χ2n) is 7.55. The molecule has 0 spiro atoms. The lowest BCUT2D eigenvalue weighted by Crippen LogP contribution is -2.33. The molecule has 0 aliphatic carbocycles. The molecular weight excluding hydrogens is 438 g/mol. The maximum absolute atomic E-state index is 13.7. The van der Waals surface area contributed by atoms with Gasteiger partial charge in [0.05, 0.1) is 40.0 Å². The van der Waals surface area contributed by atoms with Crippen LogP contribution < -0.4 is 28.6 Å². The van der Waals surface area contributed by atoms with Gasteiger partial charge in [-0.3, -0.25) is 9.69 Å². The second-order valence-corrected chi connectivity index (χ2v) is 7.55. The zero-order chi connectivity index (χ0) is 24.2. The quantitative estimate of drug-likeness (QED) is 0.470. The van der Waals surface area contributed by atoms with Crippen LogP contribution in [-0.4, -0.2) is 46.9 Å². The summed E-state index contributed by atoms with van der Waals surface area (Å²) in [6.07, 6.45) is -0.583. The van der Waals surface area contributed by atoms with Crippen LogP contribution in [0.2, 0.25) is 0 Å². The molecule has 1 aliphatic rings. The summed E-state index contributed by atoms with van der Waals surface area (Å²) in [4.78, 5) is 28.2. The topological polar surface area (TPSA) is 83.5 Å². The third-order valence-electron chi connectivity index (χ3n) is 5.70. The van der Waals surface area contributed by atoms with E-state index in [4.69, 9.17) is 23.7 Å². The summed E-state index contributed by atoms with van der Waals surface area (Å²) >= 11 is 0. The first-order valence-corrected chi connectivity index (χ1v) is 10.6. The summed E-state index contributed by atoms with van der Waals surface area (Å²) in [5.41, 5.74) is 1.63. The fraction of sp³-hybridized carbons (Fsp3) is 0.231. The van der Waals surface area contributed by atoms with Crippen molar-refractivity contribution < 1.29 is 33.3 Å². The fourth-order valence-electron chi connectivity index (χ4n) is 4.02. The van der Waals surface area contributed by atoms with Gasteiger partial charge >= 0.3 is 6.09 Å². The van der Waals surface area contributed by atoms with Gasteiger partial charge in [-0.05, 0) is 35.9 Å². The summed E-state index contributed by atoms with van der Waals surface area (Å²) in [6.45, 7) is 0.115. The van der Waals surface area contributed by atoms with Crippen LogP contribution in [0.1, 0.15) is 21.8 Å². The molecule has 1 atom stereocenters. The smallest absolute Gasteiger partial charge is 0.419 e. The number of nitrogens with zero attached hydrogens (tertiary/aromatic N) is 1. The summed E-state index contributed by atoms with van der Waals surface area (Å²) < 4.78 is 27.0. The molecule has 0 radical (unpaired) electrons. The molecule has 34 heavy (non-hydrogen) atoms. The van der Waals surface area contributed by atoms with Crippen molar-refractivity contribution in [2.24, 2.45) is 0 Å². The third kappa shape index (κ3) is 4.22. The molecule has 8 nitrogen and oxygen atoms in total. The number of carbonyl (C=O) groups is 2. The normalized spacial score (nSPS) is 14.2. The van der Waals surface area contributed by atoms with Gasteiger partial charge in [-0.25, -0.2) is 4.79 Å². The van der Waals surface area contributed by atoms with Crippen molar-refractivity contribution in [1.29, 1.82) is 0 Å². The van der Waals surface area contributed by atoms with Crippen molar-refractivity contribution in [3.05, 3.63) is 71.8 Å². The van der Waals surface area contributed by atoms with E-state index in [1.165, 1.54) is 26.2 Å². The number of Topliss-reactive ketones (excluding diaryl/α,β-unsaturated/α-hetero) is 1. The molecule has 0 N–H and O–H groups in total. The van der Waals surface area contributed by atoms with E-state index < -0.39 is 12.0 Å². The van der Waals surface area contributed by atoms with Crippen molar-refractivity contribution in [2.75, 3.05) is 39.9 Å². The van der Waals surface area contributed by atoms with Gasteiger partial charge in [-0.15, -0.1) is 0 Å². The van der Waals surface area contributed by atoms with Gasteiger partial charge in [0.15, 0.2) is 17.3 Å². The number of hydrogen-bond acceptors (Lipinski definition) is 7. The molecule has 176 valence electrons. The zero-order valence-electron chi connectivity index (χ0n) is 19.4. The van der Waals surface area contributed by atoms with Crippen LogP contribution in [0.4, 0.5) is 10.5 Å². The number of ether oxygens (including phenoxy) is 5. The monoisotopic (exact) mass is 463 g/mol. The molecule has 1 aliphatic heterocycles. The Kier molecular flexibility index (Phi) is 6.58. The fourth-order valence-corrected chi connectivity index (χ4v) is 4.02. The van der Waals surface area contributed by atoms with Crippen molar-refractivity contribution >= 4 is 17.6 Å². The minimum Gasteiger partial charge on any atom is -0.497 e. The zero-order valence-corrected chi connectivity index (χ0v) is 19.4. The molecule has 8 heteroatoms. The maximum Gasteiger partial charge on any atom is 0.419 e. The van der Waals surface area contributed by atoms with Crippen molar-refractivity contribution in [1.82, 2.24) is 0 Å². The first-order valence-electron chi connectivity index (χ1n) is 10.6. The molecule has 3 aromatic rings. The Morgan fingerprint density at radius 2 is 1.47 bits per heavy atom. The number of methoxy groups -OCH3 is 4. The van der Waals surface area contributed by atoms with E-state index in [2.05, 4.69) is 0 Å². The lowest BCUT2D eigenvalue weighted by Gasteiger charge is -2.18. The molecule has 0 fully saturated rings. The molecule has 0 bridgehead atoms. The Morgan fingerprint density at radius 1 is 0.794 bits per heavy atom. The molecule has 3 aromatic carbocycles. The molecule has 1 amide bonds. The van der Waals surface area contributed by atoms with Gasteiger partial charge in [0.1, 0.15) is 11.5 Å². The van der Waals surface area contributed by atoms with E-state index in [-0.39, 0.29) is 12.3 Å². The summed E-state index contributed by atoms with van der Waals surface area (Å²) in [6, 6.07) is 17.3. The molecular formula is C26H25NO7. The number of anilines is 1. The van der Waals surface area contributed by atoms with Crippen LogP contribution in [0.3, 0.4) is 0 Å². The largest absolute Gasteiger partial charge is 0.497 e. The van der Waals surface area contributed by atoms with Crippen LogP contribution in [-0.2, 0) is 0 Å². The highest BCUT2D eigenvalue weighted by atomic mass is 16.6. The molecule has 1 unspecified atom stereocenters. The van der Waals surface area contributed by atoms with Crippen LogP contribution in [0.25, 0.3) is 0 Å². The highest BCUT2D eigenvalue weighted by molar-refractivity contribution is 6.06. The van der Waals surface area contributed by atoms with E-state index in [0.717, 1.165) is 0 Å². The van der Waals surface area contributed by atoms with E-state index in [0.29, 0.717) is 45.6 Å². The number of carbonyl (C=O) groups excluding carboxylic acids is 2. The minimum atomic E-state index is -0.618. The van der Waals surface area contributed by atoms with Gasteiger partial charge in [0, 0.05) is 18.2 Å². The lowest BCUT2D eigenvalue weighted by atomic mass is 9.92. The van der Waals surface area contributed by atoms with Crippen molar-refractivity contribution in [2.45, 2.75) is 5.92 Å². The Balaban J connectivity index is 1.71.